The number of carboxylic acids is 1. The summed E-state index contributed by atoms with van der Waals surface area (Å²) >= 11 is 0. The molecule has 19 heavy (non-hydrogen) atoms. The number of carbonyl (C=O) groups excluding carboxylic acids is 1. The van der Waals surface area contributed by atoms with Gasteiger partial charge in [0.2, 0.25) is 0 Å². The number of aliphatic hydroxyl groups excluding tert-OH is 1. The van der Waals surface area contributed by atoms with Crippen molar-refractivity contribution in [3.63, 3.8) is 0 Å². The summed E-state index contributed by atoms with van der Waals surface area (Å²) in [7, 11) is 2.93. The van der Waals surface area contributed by atoms with Gasteiger partial charge in [0.25, 0.3) is 0 Å². The molecule has 3 N–H and O–H groups in total. The number of nitrogens with one attached hydrogen (secondary N) is 1. The van der Waals surface area contributed by atoms with Crippen LogP contribution in [0.15, 0.2) is 18.2 Å². The van der Waals surface area contributed by atoms with Crippen LogP contribution in [0, 0.1) is 0 Å². The van der Waals surface area contributed by atoms with Gasteiger partial charge in [0, 0.05) is 13.6 Å². The van der Waals surface area contributed by atoms with Gasteiger partial charge in [0.15, 0.2) is 0 Å². The van der Waals surface area contributed by atoms with Crippen LogP contribution in [-0.4, -0.2) is 54.4 Å². The zero-order valence-electron chi connectivity index (χ0n) is 10.7. The van der Waals surface area contributed by atoms with Gasteiger partial charge in [-0.05, 0) is 18.2 Å². The predicted molar refractivity (Wildman–Crippen MR) is 68.7 cm³/mol. The molecule has 0 spiro atoms. The van der Waals surface area contributed by atoms with Gasteiger partial charge in [-0.3, -0.25) is 0 Å². The summed E-state index contributed by atoms with van der Waals surface area (Å²) in [6.45, 7) is 0.0169. The maximum Gasteiger partial charge on any atom is 0.335 e. The van der Waals surface area contributed by atoms with Crippen LogP contribution < -0.4 is 10.1 Å². The SMILES string of the molecule is COc1ccc(C(=O)O)cc1NC(=O)N(C)CCO. The van der Waals surface area contributed by atoms with E-state index in [1.54, 1.807) is 0 Å². The maximum atomic E-state index is 11.8. The highest BCUT2D eigenvalue weighted by Gasteiger charge is 2.13. The molecular weight excluding hydrogens is 252 g/mol. The molecule has 7 nitrogen and oxygen atoms in total. The lowest BCUT2D eigenvalue weighted by molar-refractivity contribution is 0.0697. The number of anilines is 1. The third-order valence-corrected chi connectivity index (χ3v) is 2.47. The quantitative estimate of drug-likeness (QED) is 0.735. The van der Waals surface area contributed by atoms with Crippen molar-refractivity contribution in [3.8, 4) is 5.75 Å². The third kappa shape index (κ3) is 3.85. The molecule has 0 aliphatic rings. The Morgan fingerprint density at radius 3 is 2.63 bits per heavy atom. The molecule has 1 aromatic carbocycles. The first-order valence-electron chi connectivity index (χ1n) is 5.54. The molecule has 1 rings (SSSR count). The number of amides is 2. The van der Waals surface area contributed by atoms with Crippen molar-refractivity contribution in [3.05, 3.63) is 23.8 Å². The lowest BCUT2D eigenvalue weighted by Gasteiger charge is -2.18. The molecule has 0 saturated heterocycles. The minimum absolute atomic E-state index is 0.0425. The third-order valence-electron chi connectivity index (χ3n) is 2.47. The van der Waals surface area contributed by atoms with Crippen molar-refractivity contribution in [2.24, 2.45) is 0 Å². The number of benzene rings is 1. The summed E-state index contributed by atoms with van der Waals surface area (Å²) in [4.78, 5) is 23.9. The largest absolute Gasteiger partial charge is 0.495 e. The Morgan fingerprint density at radius 2 is 2.11 bits per heavy atom. The van der Waals surface area contributed by atoms with Gasteiger partial charge in [0.05, 0.1) is 25.0 Å². The van der Waals surface area contributed by atoms with Gasteiger partial charge in [0.1, 0.15) is 5.75 Å². The van der Waals surface area contributed by atoms with Gasteiger partial charge < -0.3 is 25.2 Å². The van der Waals surface area contributed by atoms with Crippen molar-refractivity contribution in [1.82, 2.24) is 4.90 Å². The van der Waals surface area contributed by atoms with Crippen LogP contribution in [0.1, 0.15) is 10.4 Å². The van der Waals surface area contributed by atoms with E-state index in [9.17, 15) is 9.59 Å². The van der Waals surface area contributed by atoms with E-state index in [0.717, 1.165) is 0 Å². The minimum Gasteiger partial charge on any atom is -0.495 e. The van der Waals surface area contributed by atoms with Crippen molar-refractivity contribution in [2.45, 2.75) is 0 Å². The number of hydrogen-bond acceptors (Lipinski definition) is 4. The fraction of sp³-hybridized carbons (Fsp3) is 0.333. The number of carbonyl (C=O) groups is 2. The van der Waals surface area contributed by atoms with Gasteiger partial charge in [-0.15, -0.1) is 0 Å². The van der Waals surface area contributed by atoms with E-state index in [0.29, 0.717) is 5.75 Å². The van der Waals surface area contributed by atoms with E-state index in [2.05, 4.69) is 5.32 Å². The molecule has 0 aliphatic carbocycles. The first kappa shape index (κ1) is 14.8. The number of urea groups is 1. The van der Waals surface area contributed by atoms with Crippen molar-refractivity contribution < 1.29 is 24.5 Å². The standard InChI is InChI=1S/C12H16N2O5/c1-14(5-6-15)12(18)13-9-7-8(11(16)17)3-4-10(9)19-2/h3-4,7,15H,5-6H2,1-2H3,(H,13,18)(H,16,17). The van der Waals surface area contributed by atoms with E-state index in [1.165, 1.54) is 37.3 Å². The Labute approximate surface area is 110 Å². The number of aliphatic hydroxyl groups is 1. The smallest absolute Gasteiger partial charge is 0.335 e. The van der Waals surface area contributed by atoms with Crippen LogP contribution in [0.2, 0.25) is 0 Å². The summed E-state index contributed by atoms with van der Waals surface area (Å²) in [5.41, 5.74) is 0.304. The Balaban J connectivity index is 2.94. The summed E-state index contributed by atoms with van der Waals surface area (Å²) in [6.07, 6.45) is 0. The van der Waals surface area contributed by atoms with Crippen molar-refractivity contribution in [1.29, 1.82) is 0 Å². The molecule has 0 aromatic heterocycles. The molecule has 0 unspecified atom stereocenters. The van der Waals surface area contributed by atoms with E-state index in [4.69, 9.17) is 14.9 Å². The molecule has 0 saturated carbocycles. The molecular formula is C12H16N2O5. The maximum absolute atomic E-state index is 11.8. The highest BCUT2D eigenvalue weighted by atomic mass is 16.5. The van der Waals surface area contributed by atoms with Gasteiger partial charge in [-0.1, -0.05) is 0 Å². The Hall–Kier alpha value is -2.28. The number of methoxy groups -OCH3 is 1. The van der Waals surface area contributed by atoms with Gasteiger partial charge in [-0.25, -0.2) is 9.59 Å². The molecule has 0 atom stereocenters. The first-order valence-corrected chi connectivity index (χ1v) is 5.54. The van der Waals surface area contributed by atoms with E-state index < -0.39 is 12.0 Å². The lowest BCUT2D eigenvalue weighted by atomic mass is 10.2. The molecule has 1 aromatic rings. The molecule has 0 aliphatic heterocycles. The van der Waals surface area contributed by atoms with Crippen LogP contribution >= 0.6 is 0 Å². The fourth-order valence-electron chi connectivity index (χ4n) is 1.40. The lowest BCUT2D eigenvalue weighted by Crippen LogP contribution is -2.33. The zero-order chi connectivity index (χ0) is 14.4. The van der Waals surface area contributed by atoms with Crippen molar-refractivity contribution in [2.75, 3.05) is 32.6 Å². The second-order valence-corrected chi connectivity index (χ2v) is 3.80. The Kier molecular flexibility index (Phi) is 5.13. The fourth-order valence-corrected chi connectivity index (χ4v) is 1.40. The summed E-state index contributed by atoms with van der Waals surface area (Å²) in [5, 5.41) is 20.2. The van der Waals surface area contributed by atoms with Crippen LogP contribution in [0.5, 0.6) is 5.75 Å². The number of hydrogen-bond donors (Lipinski definition) is 3. The normalized spacial score (nSPS) is 9.84. The minimum atomic E-state index is -1.10. The van der Waals surface area contributed by atoms with E-state index in [1.807, 2.05) is 0 Å². The molecule has 0 fully saturated rings. The first-order chi connectivity index (χ1) is 8.99. The van der Waals surface area contributed by atoms with E-state index in [-0.39, 0.29) is 24.4 Å². The van der Waals surface area contributed by atoms with Crippen molar-refractivity contribution >= 4 is 17.7 Å². The van der Waals surface area contributed by atoms with Crippen LogP contribution in [0.4, 0.5) is 10.5 Å². The predicted octanol–water partition coefficient (Wildman–Crippen LogP) is 0.849. The van der Waals surface area contributed by atoms with E-state index >= 15 is 0 Å². The topological polar surface area (TPSA) is 99.1 Å². The van der Waals surface area contributed by atoms with Gasteiger partial charge >= 0.3 is 12.0 Å². The summed E-state index contributed by atoms with van der Waals surface area (Å²) in [5.74, 6) is -0.738. The summed E-state index contributed by atoms with van der Waals surface area (Å²) < 4.78 is 5.05. The van der Waals surface area contributed by atoms with Crippen LogP contribution in [0.3, 0.4) is 0 Å². The number of aromatic carboxylic acids is 1. The number of carboxylic acid groups (broad SMARTS) is 1. The van der Waals surface area contributed by atoms with Gasteiger partial charge in [-0.2, -0.15) is 0 Å². The number of rotatable bonds is 5. The molecule has 104 valence electrons. The van der Waals surface area contributed by atoms with Crippen LogP contribution in [0.25, 0.3) is 0 Å². The molecule has 0 heterocycles. The average molecular weight is 268 g/mol. The molecule has 7 heteroatoms. The highest BCUT2D eigenvalue weighted by molar-refractivity contribution is 5.94. The highest BCUT2D eigenvalue weighted by Crippen LogP contribution is 2.25. The number of likely N-dealkylation sites (N-methyl/N-ethyl adjacent to an activating group) is 1. The van der Waals surface area contributed by atoms with Crippen LogP contribution in [-0.2, 0) is 0 Å². The summed E-state index contributed by atoms with van der Waals surface area (Å²) in [6, 6.07) is 3.69. The number of ether oxygens (including phenoxy) is 1. The second kappa shape index (κ2) is 6.60. The molecule has 0 radical (unpaired) electrons. The molecule has 0 bridgehead atoms. The zero-order valence-corrected chi connectivity index (χ0v) is 10.7. The Bertz CT molecular complexity index is 475. The number of nitrogens with zero attached hydrogens (tertiary/aromatic N) is 1. The Morgan fingerprint density at radius 1 is 1.42 bits per heavy atom. The molecule has 2 amide bonds. The average Bonchev–Trinajstić information content (AvgIpc) is 2.38. The second-order valence-electron chi connectivity index (χ2n) is 3.80. The monoisotopic (exact) mass is 268 g/mol.